The van der Waals surface area contributed by atoms with Gasteiger partial charge in [-0.1, -0.05) is 26.0 Å². The summed E-state index contributed by atoms with van der Waals surface area (Å²) in [5, 5.41) is 2.44. The van der Waals surface area contributed by atoms with Gasteiger partial charge in [0.1, 0.15) is 17.1 Å². The summed E-state index contributed by atoms with van der Waals surface area (Å²) in [4.78, 5) is 39.4. The minimum Gasteiger partial charge on any atom is -0.497 e. The number of nitrogens with one attached hydrogen (secondary N) is 1. The van der Waals surface area contributed by atoms with Gasteiger partial charge in [-0.05, 0) is 54.3 Å². The van der Waals surface area contributed by atoms with E-state index in [1.54, 1.807) is 30.3 Å². The number of para-hydroxylation sites is 1. The van der Waals surface area contributed by atoms with Crippen molar-refractivity contribution in [3.05, 3.63) is 87.6 Å². The van der Waals surface area contributed by atoms with Crippen LogP contribution in [0.15, 0.2) is 59.4 Å². The summed E-state index contributed by atoms with van der Waals surface area (Å²) < 4.78 is 20.6. The van der Waals surface area contributed by atoms with E-state index in [1.165, 1.54) is 35.9 Å². The predicted octanol–water partition coefficient (Wildman–Crippen LogP) is 4.39. The van der Waals surface area contributed by atoms with Crippen LogP contribution in [0.2, 0.25) is 0 Å². The number of pyridine rings is 1. The van der Waals surface area contributed by atoms with E-state index in [-0.39, 0.29) is 22.4 Å². The molecule has 0 bridgehead atoms. The Balaban J connectivity index is 1.90. The molecular formula is C25H23FN2O4. The lowest BCUT2D eigenvalue weighted by atomic mass is 9.75. The third-order valence-electron chi connectivity index (χ3n) is 5.59. The maximum absolute atomic E-state index is 14.0. The smallest absolute Gasteiger partial charge is 0.268 e. The van der Waals surface area contributed by atoms with Crippen LogP contribution < -0.4 is 15.6 Å². The zero-order valence-corrected chi connectivity index (χ0v) is 18.1. The lowest BCUT2D eigenvalue weighted by molar-refractivity contribution is 0.0908. The first-order valence-corrected chi connectivity index (χ1v) is 10.2. The maximum atomic E-state index is 14.0. The molecule has 0 fully saturated rings. The Morgan fingerprint density at radius 3 is 2.41 bits per heavy atom. The average molecular weight is 434 g/mol. The van der Waals surface area contributed by atoms with Gasteiger partial charge in [0.05, 0.1) is 12.8 Å². The van der Waals surface area contributed by atoms with Crippen LogP contribution in [0, 0.1) is 11.2 Å². The van der Waals surface area contributed by atoms with E-state index in [2.05, 4.69) is 5.32 Å². The maximum Gasteiger partial charge on any atom is 0.268 e. The van der Waals surface area contributed by atoms with Gasteiger partial charge in [0.15, 0.2) is 5.78 Å². The monoisotopic (exact) mass is 434 g/mol. The van der Waals surface area contributed by atoms with Gasteiger partial charge >= 0.3 is 0 Å². The number of nitrogens with zero attached hydrogens (tertiary/aromatic N) is 1. The molecule has 0 saturated carbocycles. The summed E-state index contributed by atoms with van der Waals surface area (Å²) >= 11 is 0. The first kappa shape index (κ1) is 21.5. The molecule has 32 heavy (non-hydrogen) atoms. The average Bonchev–Trinajstić information content (AvgIpc) is 2.74. The van der Waals surface area contributed by atoms with Gasteiger partial charge in [0.25, 0.3) is 11.5 Å². The Morgan fingerprint density at radius 2 is 1.75 bits per heavy atom. The number of ether oxygens (including phenoxy) is 1. The molecule has 1 aliphatic rings. The third kappa shape index (κ3) is 3.93. The number of carbonyl (C=O) groups is 2. The number of hydrogen-bond donors (Lipinski definition) is 1. The van der Waals surface area contributed by atoms with Gasteiger partial charge in [-0.3, -0.25) is 19.0 Å². The first-order valence-electron chi connectivity index (χ1n) is 10.2. The van der Waals surface area contributed by atoms with Crippen molar-refractivity contribution >= 4 is 17.4 Å². The molecule has 0 spiro atoms. The van der Waals surface area contributed by atoms with Crippen LogP contribution in [0.4, 0.5) is 10.1 Å². The lowest BCUT2D eigenvalue weighted by Crippen LogP contribution is -2.37. The highest BCUT2D eigenvalue weighted by Gasteiger charge is 2.35. The predicted molar refractivity (Wildman–Crippen MR) is 119 cm³/mol. The second-order valence-electron chi connectivity index (χ2n) is 8.63. The Morgan fingerprint density at radius 1 is 1.06 bits per heavy atom. The lowest BCUT2D eigenvalue weighted by Gasteiger charge is -2.32. The number of amides is 1. The SMILES string of the molecule is COc1ccc(-n2c3c(cc(C(=O)Nc4ccccc4F)c2=O)C(=O)CC(C)(C)C3)cc1. The fourth-order valence-corrected chi connectivity index (χ4v) is 4.03. The summed E-state index contributed by atoms with van der Waals surface area (Å²) in [6.07, 6.45) is 0.791. The topological polar surface area (TPSA) is 77.4 Å². The van der Waals surface area contributed by atoms with Gasteiger partial charge in [0.2, 0.25) is 0 Å². The van der Waals surface area contributed by atoms with E-state index in [1.807, 2.05) is 13.8 Å². The largest absolute Gasteiger partial charge is 0.497 e. The number of carbonyl (C=O) groups excluding carboxylic acids is 2. The first-order chi connectivity index (χ1) is 15.2. The van der Waals surface area contributed by atoms with Crippen molar-refractivity contribution in [2.24, 2.45) is 5.41 Å². The second kappa shape index (κ2) is 8.07. The Kier molecular flexibility index (Phi) is 5.42. The van der Waals surface area contributed by atoms with E-state index in [4.69, 9.17) is 4.74 Å². The molecule has 164 valence electrons. The molecule has 1 aliphatic carbocycles. The fraction of sp³-hybridized carbons (Fsp3) is 0.240. The number of halogens is 1. The molecule has 4 rings (SSSR count). The molecule has 1 aromatic heterocycles. The van der Waals surface area contributed by atoms with Crippen molar-refractivity contribution in [2.75, 3.05) is 12.4 Å². The van der Waals surface area contributed by atoms with Gasteiger partial charge in [0, 0.05) is 23.4 Å². The molecule has 6 nitrogen and oxygen atoms in total. The highest BCUT2D eigenvalue weighted by molar-refractivity contribution is 6.07. The number of aromatic nitrogens is 1. The zero-order chi connectivity index (χ0) is 23.0. The second-order valence-corrected chi connectivity index (χ2v) is 8.63. The van der Waals surface area contributed by atoms with Gasteiger partial charge < -0.3 is 10.1 Å². The number of benzene rings is 2. The number of anilines is 1. The number of methoxy groups -OCH3 is 1. The summed E-state index contributed by atoms with van der Waals surface area (Å²) in [5.41, 5.74) is 0.226. The standard InChI is InChI=1S/C25H23FN2O4/c1-25(2)13-21-17(22(29)14-25)12-18(23(30)27-20-7-5-4-6-19(20)26)24(31)28(21)15-8-10-16(32-3)11-9-15/h4-12H,13-14H2,1-3H3,(H,27,30). The Hall–Kier alpha value is -3.74. The number of rotatable bonds is 4. The van der Waals surface area contributed by atoms with Crippen LogP contribution in [0.3, 0.4) is 0 Å². The van der Waals surface area contributed by atoms with Crippen molar-refractivity contribution in [1.29, 1.82) is 0 Å². The molecule has 3 aromatic rings. The van der Waals surface area contributed by atoms with Crippen LogP contribution in [-0.2, 0) is 6.42 Å². The van der Waals surface area contributed by atoms with Crippen LogP contribution in [-0.4, -0.2) is 23.4 Å². The zero-order valence-electron chi connectivity index (χ0n) is 18.1. The van der Waals surface area contributed by atoms with Crippen molar-refractivity contribution in [3.8, 4) is 11.4 Å². The molecule has 1 N–H and O–H groups in total. The van der Waals surface area contributed by atoms with Gasteiger partial charge in [-0.25, -0.2) is 4.39 Å². The summed E-state index contributed by atoms with van der Waals surface area (Å²) in [5.74, 6) is -0.922. The van der Waals surface area contributed by atoms with Crippen LogP contribution >= 0.6 is 0 Å². The van der Waals surface area contributed by atoms with E-state index in [0.717, 1.165) is 0 Å². The fourth-order valence-electron chi connectivity index (χ4n) is 4.03. The molecule has 0 saturated heterocycles. The number of hydrogen-bond acceptors (Lipinski definition) is 4. The van der Waals surface area contributed by atoms with E-state index >= 15 is 0 Å². The normalized spacial score (nSPS) is 14.6. The van der Waals surface area contributed by atoms with Crippen LogP contribution in [0.5, 0.6) is 5.75 Å². The van der Waals surface area contributed by atoms with E-state index < -0.39 is 17.3 Å². The molecular weight excluding hydrogens is 411 g/mol. The molecule has 0 radical (unpaired) electrons. The van der Waals surface area contributed by atoms with Crippen molar-refractivity contribution in [3.63, 3.8) is 0 Å². The summed E-state index contributed by atoms with van der Waals surface area (Å²) in [7, 11) is 1.54. The summed E-state index contributed by atoms with van der Waals surface area (Å²) in [6.45, 7) is 3.94. The van der Waals surface area contributed by atoms with Crippen LogP contribution in [0.25, 0.3) is 5.69 Å². The van der Waals surface area contributed by atoms with Crippen LogP contribution in [0.1, 0.15) is 46.7 Å². The molecule has 1 heterocycles. The third-order valence-corrected chi connectivity index (χ3v) is 5.59. The molecule has 0 atom stereocenters. The van der Waals surface area contributed by atoms with E-state index in [0.29, 0.717) is 35.5 Å². The minimum absolute atomic E-state index is 0.0434. The Labute approximate surface area is 184 Å². The number of ketones is 1. The van der Waals surface area contributed by atoms with Crippen molar-refractivity contribution < 1.29 is 18.7 Å². The van der Waals surface area contributed by atoms with Gasteiger partial charge in [-0.2, -0.15) is 0 Å². The quantitative estimate of drug-likeness (QED) is 0.661. The molecule has 0 aliphatic heterocycles. The molecule has 1 amide bonds. The molecule has 0 unspecified atom stereocenters. The molecule has 2 aromatic carbocycles. The summed E-state index contributed by atoms with van der Waals surface area (Å²) in [6, 6.07) is 13.8. The van der Waals surface area contributed by atoms with Crippen molar-refractivity contribution in [2.45, 2.75) is 26.7 Å². The highest BCUT2D eigenvalue weighted by atomic mass is 19.1. The van der Waals surface area contributed by atoms with Gasteiger partial charge in [-0.15, -0.1) is 0 Å². The minimum atomic E-state index is -0.775. The Bertz CT molecular complexity index is 1280. The highest BCUT2D eigenvalue weighted by Crippen LogP contribution is 2.35. The number of fused-ring (bicyclic) bond motifs is 1. The number of Topliss-reactive ketones (excluding diaryl/α,β-unsaturated/α-hetero) is 1. The van der Waals surface area contributed by atoms with Crippen molar-refractivity contribution in [1.82, 2.24) is 4.57 Å². The molecule has 7 heteroatoms. The van der Waals surface area contributed by atoms with E-state index in [9.17, 15) is 18.8 Å².